The third kappa shape index (κ3) is 4.84. The lowest BCUT2D eigenvalue weighted by Gasteiger charge is -2.27. The molecule has 2 aromatic rings. The maximum Gasteiger partial charge on any atom is 0.426 e. The molecule has 0 aliphatic carbocycles. The van der Waals surface area contributed by atoms with Gasteiger partial charge in [0.05, 0.1) is 23.6 Å². The number of nitro groups is 1. The minimum Gasteiger partial charge on any atom is -0.449 e. The second-order valence-electron chi connectivity index (χ2n) is 7.49. The molecular formula is C22H21ClN4O7. The normalized spacial score (nSPS) is 15.3. The Bertz CT molecular complexity index is 1200. The van der Waals surface area contributed by atoms with Crippen molar-refractivity contribution in [3.63, 3.8) is 0 Å². The maximum atomic E-state index is 13.3. The number of carbonyl (C=O) groups is 4. The number of aryl methyl sites for hydroxylation is 2. The van der Waals surface area contributed by atoms with Gasteiger partial charge in [0.25, 0.3) is 17.5 Å². The van der Waals surface area contributed by atoms with Crippen LogP contribution in [-0.4, -0.2) is 46.4 Å². The molecule has 3 rings (SSSR count). The Labute approximate surface area is 199 Å². The minimum absolute atomic E-state index is 0.0212. The molecule has 12 heteroatoms. The van der Waals surface area contributed by atoms with Crippen molar-refractivity contribution in [3.8, 4) is 0 Å². The second kappa shape index (κ2) is 9.87. The Morgan fingerprint density at radius 1 is 1.21 bits per heavy atom. The zero-order valence-corrected chi connectivity index (χ0v) is 19.3. The summed E-state index contributed by atoms with van der Waals surface area (Å²) < 4.78 is 4.82. The molecule has 0 saturated carbocycles. The van der Waals surface area contributed by atoms with Crippen molar-refractivity contribution < 1.29 is 28.8 Å². The SMILES string of the molecule is CCOC(=O)NN(C(=O)c1ccc(Cl)c([N+](=O)[O-])c1)C1CC(=O)N(c2ccc(C)c(C)c2)C1=O. The number of amides is 4. The number of nitrogens with zero attached hydrogens (tertiary/aromatic N) is 3. The number of imide groups is 1. The lowest BCUT2D eigenvalue weighted by atomic mass is 10.1. The Hall–Kier alpha value is -3.99. The van der Waals surface area contributed by atoms with Crippen LogP contribution in [0, 0.1) is 24.0 Å². The highest BCUT2D eigenvalue weighted by atomic mass is 35.5. The van der Waals surface area contributed by atoms with Crippen molar-refractivity contribution in [1.82, 2.24) is 10.4 Å². The van der Waals surface area contributed by atoms with E-state index in [2.05, 4.69) is 5.43 Å². The predicted molar refractivity (Wildman–Crippen MR) is 121 cm³/mol. The number of nitrogens with one attached hydrogen (secondary N) is 1. The van der Waals surface area contributed by atoms with E-state index in [1.54, 1.807) is 25.1 Å². The first-order valence-corrected chi connectivity index (χ1v) is 10.6. The highest BCUT2D eigenvalue weighted by Crippen LogP contribution is 2.29. The fourth-order valence-electron chi connectivity index (χ4n) is 3.41. The van der Waals surface area contributed by atoms with Crippen LogP contribution >= 0.6 is 11.6 Å². The van der Waals surface area contributed by atoms with Crippen LogP contribution in [-0.2, 0) is 14.3 Å². The van der Waals surface area contributed by atoms with Crippen LogP contribution in [0.1, 0.15) is 34.8 Å². The van der Waals surface area contributed by atoms with Gasteiger partial charge in [0.2, 0.25) is 5.91 Å². The first-order chi connectivity index (χ1) is 16.0. The van der Waals surface area contributed by atoms with Crippen LogP contribution in [0.3, 0.4) is 0 Å². The number of hydrogen-bond acceptors (Lipinski definition) is 7. The number of rotatable bonds is 5. The molecule has 1 saturated heterocycles. The van der Waals surface area contributed by atoms with E-state index in [-0.39, 0.29) is 17.2 Å². The summed E-state index contributed by atoms with van der Waals surface area (Å²) in [5.41, 5.74) is 3.57. The van der Waals surface area contributed by atoms with Crippen LogP contribution in [0.15, 0.2) is 36.4 Å². The fourth-order valence-corrected chi connectivity index (χ4v) is 3.60. The van der Waals surface area contributed by atoms with E-state index in [4.69, 9.17) is 16.3 Å². The van der Waals surface area contributed by atoms with Gasteiger partial charge in [-0.2, -0.15) is 0 Å². The van der Waals surface area contributed by atoms with Crippen LogP contribution < -0.4 is 10.3 Å². The Morgan fingerprint density at radius 3 is 2.53 bits per heavy atom. The van der Waals surface area contributed by atoms with Gasteiger partial charge in [-0.25, -0.2) is 20.1 Å². The average Bonchev–Trinajstić information content (AvgIpc) is 3.07. The third-order valence-electron chi connectivity index (χ3n) is 5.28. The van der Waals surface area contributed by atoms with Crippen molar-refractivity contribution in [2.75, 3.05) is 11.5 Å². The average molecular weight is 489 g/mol. The summed E-state index contributed by atoms with van der Waals surface area (Å²) in [5.74, 6) is -2.29. The maximum absolute atomic E-state index is 13.3. The third-order valence-corrected chi connectivity index (χ3v) is 5.60. The first kappa shape index (κ1) is 24.6. The summed E-state index contributed by atoms with van der Waals surface area (Å²) in [6.45, 7) is 5.23. The molecule has 1 aliphatic rings. The molecule has 1 atom stereocenters. The van der Waals surface area contributed by atoms with E-state index >= 15 is 0 Å². The lowest BCUT2D eigenvalue weighted by molar-refractivity contribution is -0.384. The monoisotopic (exact) mass is 488 g/mol. The standard InChI is InChI=1S/C22H21ClN4O7/c1-4-34-22(31)24-26(20(29)14-6-8-16(23)17(10-14)27(32)33)18-11-19(28)25(21(18)30)15-7-5-12(2)13(3)9-15/h5-10,18H,4,11H2,1-3H3,(H,24,31). The van der Waals surface area contributed by atoms with E-state index in [1.165, 1.54) is 6.07 Å². The summed E-state index contributed by atoms with van der Waals surface area (Å²) >= 11 is 5.82. The summed E-state index contributed by atoms with van der Waals surface area (Å²) in [5, 5.41) is 11.7. The Kier molecular flexibility index (Phi) is 7.16. The topological polar surface area (TPSA) is 139 Å². The molecule has 34 heavy (non-hydrogen) atoms. The number of hydrogen-bond donors (Lipinski definition) is 1. The van der Waals surface area contributed by atoms with Gasteiger partial charge < -0.3 is 4.74 Å². The molecule has 11 nitrogen and oxygen atoms in total. The number of nitro benzene ring substituents is 1. The molecule has 0 radical (unpaired) electrons. The van der Waals surface area contributed by atoms with Gasteiger partial charge >= 0.3 is 6.09 Å². The van der Waals surface area contributed by atoms with E-state index < -0.39 is 46.9 Å². The van der Waals surface area contributed by atoms with Gasteiger partial charge in [0.15, 0.2) is 0 Å². The fraction of sp³-hybridized carbons (Fsp3) is 0.273. The van der Waals surface area contributed by atoms with E-state index in [1.807, 2.05) is 13.8 Å². The largest absolute Gasteiger partial charge is 0.449 e. The van der Waals surface area contributed by atoms with Crippen LogP contribution in [0.2, 0.25) is 5.02 Å². The molecule has 178 valence electrons. The number of benzene rings is 2. The van der Waals surface area contributed by atoms with Gasteiger partial charge in [0.1, 0.15) is 11.1 Å². The van der Waals surface area contributed by atoms with Gasteiger partial charge in [-0.05, 0) is 56.2 Å². The van der Waals surface area contributed by atoms with E-state index in [0.29, 0.717) is 10.7 Å². The van der Waals surface area contributed by atoms with Crippen molar-refractivity contribution in [1.29, 1.82) is 0 Å². The molecule has 0 aromatic heterocycles. The molecule has 1 heterocycles. The molecule has 4 amide bonds. The predicted octanol–water partition coefficient (Wildman–Crippen LogP) is 3.30. The quantitative estimate of drug-likeness (QED) is 0.387. The molecular weight excluding hydrogens is 468 g/mol. The van der Waals surface area contributed by atoms with E-state index in [0.717, 1.165) is 28.2 Å². The van der Waals surface area contributed by atoms with Crippen molar-refractivity contribution >= 4 is 46.8 Å². The zero-order valence-electron chi connectivity index (χ0n) is 18.5. The van der Waals surface area contributed by atoms with Crippen LogP contribution in [0.25, 0.3) is 0 Å². The van der Waals surface area contributed by atoms with Gasteiger partial charge in [-0.15, -0.1) is 0 Å². The second-order valence-corrected chi connectivity index (χ2v) is 7.89. The molecule has 1 unspecified atom stereocenters. The first-order valence-electron chi connectivity index (χ1n) is 10.2. The number of ether oxygens (including phenoxy) is 1. The molecule has 0 bridgehead atoms. The number of carbonyl (C=O) groups excluding carboxylic acids is 4. The van der Waals surface area contributed by atoms with E-state index in [9.17, 15) is 29.3 Å². The summed E-state index contributed by atoms with van der Waals surface area (Å²) in [4.78, 5) is 62.8. The van der Waals surface area contributed by atoms with Gasteiger partial charge in [0, 0.05) is 11.6 Å². The van der Waals surface area contributed by atoms with Crippen molar-refractivity contribution in [2.24, 2.45) is 0 Å². The van der Waals surface area contributed by atoms with Crippen LogP contribution in [0.5, 0.6) is 0 Å². The van der Waals surface area contributed by atoms with Crippen molar-refractivity contribution in [3.05, 3.63) is 68.2 Å². The number of halogens is 1. The molecule has 1 aliphatic heterocycles. The highest BCUT2D eigenvalue weighted by Gasteiger charge is 2.46. The summed E-state index contributed by atoms with van der Waals surface area (Å²) in [6.07, 6.45) is -1.45. The molecule has 1 N–H and O–H groups in total. The Morgan fingerprint density at radius 2 is 1.91 bits per heavy atom. The highest BCUT2D eigenvalue weighted by molar-refractivity contribution is 6.32. The molecule has 1 fully saturated rings. The molecule has 0 spiro atoms. The smallest absolute Gasteiger partial charge is 0.426 e. The van der Waals surface area contributed by atoms with Crippen LogP contribution in [0.4, 0.5) is 16.2 Å². The number of anilines is 1. The van der Waals surface area contributed by atoms with Gasteiger partial charge in [-0.3, -0.25) is 24.5 Å². The summed E-state index contributed by atoms with van der Waals surface area (Å²) in [6, 6.07) is 6.91. The zero-order chi connectivity index (χ0) is 25.2. The minimum atomic E-state index is -1.40. The summed E-state index contributed by atoms with van der Waals surface area (Å²) in [7, 11) is 0. The Balaban J connectivity index is 1.99. The van der Waals surface area contributed by atoms with Gasteiger partial charge in [-0.1, -0.05) is 17.7 Å². The molecule has 2 aromatic carbocycles. The number of hydrazine groups is 1. The lowest BCUT2D eigenvalue weighted by Crippen LogP contribution is -2.54. The van der Waals surface area contributed by atoms with Crippen molar-refractivity contribution in [2.45, 2.75) is 33.2 Å².